The van der Waals surface area contributed by atoms with Crippen LogP contribution in [0.15, 0.2) is 170 Å². The van der Waals surface area contributed by atoms with Gasteiger partial charge in [0.1, 0.15) is 11.5 Å². The van der Waals surface area contributed by atoms with E-state index in [1.807, 2.05) is 0 Å². The third kappa shape index (κ3) is 4.06. The molecule has 0 spiro atoms. The third-order valence-corrected chi connectivity index (χ3v) is 13.1. The molecule has 270 valence electrons. The van der Waals surface area contributed by atoms with Crippen LogP contribution in [0.5, 0.6) is 11.5 Å². The van der Waals surface area contributed by atoms with Crippen molar-refractivity contribution in [1.82, 2.24) is 0 Å². The van der Waals surface area contributed by atoms with Gasteiger partial charge in [-0.15, -0.1) is 0 Å². The first-order valence-electron chi connectivity index (χ1n) is 20.0. The highest BCUT2D eigenvalue weighted by Crippen LogP contribution is 2.56. The van der Waals surface area contributed by atoms with E-state index in [9.17, 15) is 0 Å². The molecule has 0 unspecified atom stereocenters. The van der Waals surface area contributed by atoms with Gasteiger partial charge in [-0.2, -0.15) is 0 Å². The maximum atomic E-state index is 5.61. The average Bonchev–Trinajstić information content (AvgIpc) is 3.82. The fraction of sp³-hybridized carbons (Fsp3) is 0.0357. The Hall–Kier alpha value is -7.42. The van der Waals surface area contributed by atoms with Gasteiger partial charge in [0.25, 0.3) is 0 Å². The molecule has 13 aromatic rings. The second-order valence-corrected chi connectivity index (χ2v) is 15.8. The second-order valence-electron chi connectivity index (χ2n) is 15.8. The lowest BCUT2D eigenvalue weighted by atomic mass is 9.85. The van der Waals surface area contributed by atoms with E-state index in [1.165, 1.54) is 130 Å². The Morgan fingerprint density at radius 3 is 0.948 bits per heavy atom. The number of rotatable bonds is 4. The van der Waals surface area contributed by atoms with Crippen molar-refractivity contribution in [3.8, 4) is 33.8 Å². The lowest BCUT2D eigenvalue weighted by Gasteiger charge is -2.17. The van der Waals surface area contributed by atoms with E-state index in [0.29, 0.717) is 0 Å². The number of hydrogen-bond acceptors (Lipinski definition) is 2. The fourth-order valence-corrected chi connectivity index (χ4v) is 10.7. The zero-order valence-electron chi connectivity index (χ0n) is 32.0. The molecular formula is C56H34O2. The van der Waals surface area contributed by atoms with Gasteiger partial charge in [-0.1, -0.05) is 121 Å². The van der Waals surface area contributed by atoms with Crippen LogP contribution in [0, 0.1) is 0 Å². The molecule has 13 rings (SSSR count). The van der Waals surface area contributed by atoms with Crippen molar-refractivity contribution in [2.45, 2.75) is 0 Å². The van der Waals surface area contributed by atoms with Crippen LogP contribution < -0.4 is 9.47 Å². The van der Waals surface area contributed by atoms with E-state index < -0.39 is 0 Å². The molecule has 0 aromatic heterocycles. The van der Waals surface area contributed by atoms with Crippen LogP contribution >= 0.6 is 0 Å². The third-order valence-electron chi connectivity index (χ3n) is 13.1. The van der Waals surface area contributed by atoms with Gasteiger partial charge >= 0.3 is 0 Å². The molecule has 0 amide bonds. The molecule has 13 aromatic carbocycles. The quantitative estimate of drug-likeness (QED) is 0.132. The Labute approximate surface area is 333 Å². The van der Waals surface area contributed by atoms with Crippen molar-refractivity contribution in [2.24, 2.45) is 0 Å². The van der Waals surface area contributed by atoms with E-state index in [4.69, 9.17) is 9.47 Å². The number of fused-ring (bicyclic) bond motifs is 16. The molecule has 0 aliphatic heterocycles. The fourth-order valence-electron chi connectivity index (χ4n) is 10.7. The summed E-state index contributed by atoms with van der Waals surface area (Å²) in [6.45, 7) is 0. The predicted octanol–water partition coefficient (Wildman–Crippen LogP) is 15.4. The summed E-state index contributed by atoms with van der Waals surface area (Å²) in [6.07, 6.45) is 0. The van der Waals surface area contributed by atoms with Gasteiger partial charge in [0, 0.05) is 0 Å². The van der Waals surface area contributed by atoms with Gasteiger partial charge in [-0.25, -0.2) is 0 Å². The van der Waals surface area contributed by atoms with Crippen molar-refractivity contribution in [3.05, 3.63) is 170 Å². The van der Waals surface area contributed by atoms with Gasteiger partial charge in [0.2, 0.25) is 0 Å². The summed E-state index contributed by atoms with van der Waals surface area (Å²) in [5.74, 6) is 1.71. The molecule has 0 saturated heterocycles. The van der Waals surface area contributed by atoms with E-state index >= 15 is 0 Å². The maximum Gasteiger partial charge on any atom is 0.118 e. The normalized spacial score (nSPS) is 12.3. The molecule has 0 bridgehead atoms. The van der Waals surface area contributed by atoms with Gasteiger partial charge in [-0.05, 0) is 179 Å². The summed E-state index contributed by atoms with van der Waals surface area (Å²) in [4.78, 5) is 0. The Bertz CT molecular complexity index is 3590. The predicted molar refractivity (Wildman–Crippen MR) is 248 cm³/mol. The van der Waals surface area contributed by atoms with Crippen LogP contribution in [-0.2, 0) is 0 Å². The standard InChI is InChI=1S/C56H34O2/c1-57-35-23-19-31(20-24-35)43-27-33-11-3-5-13-37(33)49-45(43)29-47-51-40-16-8-10-18-42(40)54-50-38-14-6-4-12-34(38)28-44(32-21-25-36(58-2)26-22-32)46(50)30-48(56(51)54)52-39-15-7-9-17-41(39)53(49)55(47)52/h3-30H,1-2H3. The minimum Gasteiger partial charge on any atom is -0.497 e. The molecule has 2 nitrogen and oxygen atoms in total. The summed E-state index contributed by atoms with van der Waals surface area (Å²) in [5.41, 5.74) is 4.81. The average molecular weight is 739 g/mol. The summed E-state index contributed by atoms with van der Waals surface area (Å²) >= 11 is 0. The zero-order chi connectivity index (χ0) is 38.2. The molecule has 2 heteroatoms. The van der Waals surface area contributed by atoms with Crippen LogP contribution in [-0.4, -0.2) is 14.2 Å². The molecule has 0 fully saturated rings. The molecule has 0 radical (unpaired) electrons. The summed E-state index contributed by atoms with van der Waals surface area (Å²) in [7, 11) is 3.46. The van der Waals surface area contributed by atoms with Crippen LogP contribution in [0.25, 0.3) is 130 Å². The van der Waals surface area contributed by atoms with Crippen LogP contribution in [0.4, 0.5) is 0 Å². The first-order valence-corrected chi connectivity index (χ1v) is 20.0. The molecule has 0 aliphatic rings. The number of benzene rings is 11. The first kappa shape index (κ1) is 31.7. The van der Waals surface area contributed by atoms with Gasteiger partial charge in [0.05, 0.1) is 14.2 Å². The molecule has 58 heavy (non-hydrogen) atoms. The lowest BCUT2D eigenvalue weighted by Crippen LogP contribution is -1.90. The molecule has 0 saturated carbocycles. The maximum absolute atomic E-state index is 5.61. The van der Waals surface area contributed by atoms with Crippen LogP contribution in [0.2, 0.25) is 0 Å². The Kier molecular flexibility index (Phi) is 6.33. The number of ether oxygens (including phenoxy) is 2. The van der Waals surface area contributed by atoms with Crippen molar-refractivity contribution in [2.75, 3.05) is 14.2 Å². The highest BCUT2D eigenvalue weighted by Gasteiger charge is 2.27. The molecular weight excluding hydrogens is 705 g/mol. The first-order chi connectivity index (χ1) is 28.7. The van der Waals surface area contributed by atoms with Crippen molar-refractivity contribution in [3.63, 3.8) is 0 Å². The summed E-state index contributed by atoms with van der Waals surface area (Å²) in [6, 6.07) is 63.1. The molecule has 0 N–H and O–H groups in total. The Morgan fingerprint density at radius 1 is 0.259 bits per heavy atom. The minimum atomic E-state index is 0.857. The molecule has 0 aliphatic carbocycles. The van der Waals surface area contributed by atoms with Gasteiger partial charge < -0.3 is 9.47 Å². The van der Waals surface area contributed by atoms with Crippen molar-refractivity contribution in [1.29, 1.82) is 0 Å². The monoisotopic (exact) mass is 738 g/mol. The van der Waals surface area contributed by atoms with E-state index in [-0.39, 0.29) is 0 Å². The minimum absolute atomic E-state index is 0.857. The largest absolute Gasteiger partial charge is 0.497 e. The molecule has 0 atom stereocenters. The molecule has 0 heterocycles. The van der Waals surface area contributed by atoms with Gasteiger partial charge in [-0.3, -0.25) is 0 Å². The topological polar surface area (TPSA) is 18.5 Å². The summed E-state index contributed by atoms with van der Waals surface area (Å²) in [5, 5.41) is 26.1. The second kappa shape index (κ2) is 11.6. The zero-order valence-corrected chi connectivity index (χ0v) is 32.0. The SMILES string of the molecule is COc1ccc(-c2cc3ccccc3c3c2cc2c4c5ccccc5c5c6c(cc(c7c8ccccc8c3c27)c45)c(-c2ccc(OC)cc2)cc2ccccc26)cc1. The highest BCUT2D eigenvalue weighted by atomic mass is 16.5. The Morgan fingerprint density at radius 2 is 0.569 bits per heavy atom. The van der Waals surface area contributed by atoms with Crippen molar-refractivity contribution >= 4 is 108 Å². The Balaban J connectivity index is 1.33. The van der Waals surface area contributed by atoms with E-state index in [0.717, 1.165) is 11.5 Å². The number of methoxy groups -OCH3 is 2. The van der Waals surface area contributed by atoms with Crippen molar-refractivity contribution < 1.29 is 9.47 Å². The van der Waals surface area contributed by atoms with Crippen LogP contribution in [0.3, 0.4) is 0 Å². The number of hydrogen-bond donors (Lipinski definition) is 0. The highest BCUT2D eigenvalue weighted by molar-refractivity contribution is 6.54. The lowest BCUT2D eigenvalue weighted by molar-refractivity contribution is 0.415. The van der Waals surface area contributed by atoms with E-state index in [2.05, 4.69) is 170 Å². The van der Waals surface area contributed by atoms with E-state index in [1.54, 1.807) is 14.2 Å². The smallest absolute Gasteiger partial charge is 0.118 e. The van der Waals surface area contributed by atoms with Crippen LogP contribution in [0.1, 0.15) is 0 Å². The summed E-state index contributed by atoms with van der Waals surface area (Å²) < 4.78 is 11.2. The van der Waals surface area contributed by atoms with Gasteiger partial charge in [0.15, 0.2) is 0 Å².